The molecule has 0 spiro atoms. The Morgan fingerprint density at radius 3 is 2.53 bits per heavy atom. The summed E-state index contributed by atoms with van der Waals surface area (Å²) in [7, 11) is 4.06. The van der Waals surface area contributed by atoms with Crippen molar-refractivity contribution < 1.29 is 9.21 Å². The number of rotatable bonds is 6. The van der Waals surface area contributed by atoms with Gasteiger partial charge in [-0.3, -0.25) is 4.79 Å². The molecule has 0 aliphatic rings. The Bertz CT molecular complexity index is 363. The fourth-order valence-corrected chi connectivity index (χ4v) is 1.87. The summed E-state index contributed by atoms with van der Waals surface area (Å²) in [5.41, 5.74) is 0. The molecule has 1 rings (SSSR count). The van der Waals surface area contributed by atoms with E-state index in [0.29, 0.717) is 17.0 Å². The molecular weight excluding hydrogens is 284 g/mol. The molecule has 0 aromatic carbocycles. The van der Waals surface area contributed by atoms with Crippen molar-refractivity contribution in [3.63, 3.8) is 0 Å². The van der Waals surface area contributed by atoms with Crippen LogP contribution in [0, 0.1) is 0 Å². The minimum absolute atomic E-state index is 0.0445. The highest BCUT2D eigenvalue weighted by Gasteiger charge is 2.17. The lowest BCUT2D eigenvalue weighted by Gasteiger charge is -2.20. The molecule has 5 heteroatoms. The van der Waals surface area contributed by atoms with E-state index in [1.807, 2.05) is 21.0 Å². The summed E-state index contributed by atoms with van der Waals surface area (Å²) >= 11 is 3.20. The zero-order valence-electron chi connectivity index (χ0n) is 10.6. The van der Waals surface area contributed by atoms with Gasteiger partial charge < -0.3 is 14.2 Å². The fraction of sp³-hybridized carbons (Fsp3) is 0.583. The lowest BCUT2D eigenvalue weighted by atomic mass is 10.3. The number of halogens is 1. The van der Waals surface area contributed by atoms with Crippen LogP contribution in [0.15, 0.2) is 21.2 Å². The second kappa shape index (κ2) is 6.81. The van der Waals surface area contributed by atoms with E-state index in [-0.39, 0.29) is 5.91 Å². The van der Waals surface area contributed by atoms with Crippen LogP contribution in [-0.4, -0.2) is 49.4 Å². The molecule has 0 saturated carbocycles. The van der Waals surface area contributed by atoms with E-state index in [4.69, 9.17) is 4.42 Å². The van der Waals surface area contributed by atoms with Crippen LogP contribution in [0.1, 0.15) is 23.9 Å². The summed E-state index contributed by atoms with van der Waals surface area (Å²) in [4.78, 5) is 16.0. The topological polar surface area (TPSA) is 36.7 Å². The quantitative estimate of drug-likeness (QED) is 0.810. The summed E-state index contributed by atoms with van der Waals surface area (Å²) in [6.07, 6.45) is 0.967. The van der Waals surface area contributed by atoms with E-state index in [1.165, 1.54) is 0 Å². The van der Waals surface area contributed by atoms with Gasteiger partial charge in [0, 0.05) is 13.1 Å². The van der Waals surface area contributed by atoms with E-state index in [1.54, 1.807) is 17.0 Å². The summed E-state index contributed by atoms with van der Waals surface area (Å²) in [5.74, 6) is 0.348. The van der Waals surface area contributed by atoms with Crippen LogP contribution in [0.25, 0.3) is 0 Å². The van der Waals surface area contributed by atoms with Crippen molar-refractivity contribution in [1.82, 2.24) is 9.80 Å². The molecule has 0 bridgehead atoms. The lowest BCUT2D eigenvalue weighted by Crippen LogP contribution is -2.33. The first kappa shape index (κ1) is 14.3. The molecule has 17 heavy (non-hydrogen) atoms. The molecule has 4 nitrogen and oxygen atoms in total. The molecule has 0 fully saturated rings. The largest absolute Gasteiger partial charge is 0.444 e. The molecule has 0 radical (unpaired) electrons. The van der Waals surface area contributed by atoms with Gasteiger partial charge in [-0.1, -0.05) is 0 Å². The highest BCUT2D eigenvalue weighted by Crippen LogP contribution is 2.15. The summed E-state index contributed by atoms with van der Waals surface area (Å²) in [6, 6.07) is 3.43. The second-order valence-corrected chi connectivity index (χ2v) is 4.93. The molecule has 0 saturated heterocycles. The zero-order chi connectivity index (χ0) is 12.8. The second-order valence-electron chi connectivity index (χ2n) is 4.15. The Kier molecular flexibility index (Phi) is 5.71. The first-order chi connectivity index (χ1) is 8.04. The van der Waals surface area contributed by atoms with Crippen LogP contribution in [0.2, 0.25) is 0 Å². The van der Waals surface area contributed by atoms with Crippen molar-refractivity contribution in [2.24, 2.45) is 0 Å². The first-order valence-electron chi connectivity index (χ1n) is 5.74. The maximum Gasteiger partial charge on any atom is 0.289 e. The summed E-state index contributed by atoms with van der Waals surface area (Å²) < 4.78 is 5.86. The van der Waals surface area contributed by atoms with Crippen molar-refractivity contribution in [3.8, 4) is 0 Å². The highest BCUT2D eigenvalue weighted by atomic mass is 79.9. The van der Waals surface area contributed by atoms with Gasteiger partial charge in [-0.25, -0.2) is 0 Å². The van der Waals surface area contributed by atoms with Gasteiger partial charge >= 0.3 is 0 Å². The average Bonchev–Trinajstić information content (AvgIpc) is 2.70. The van der Waals surface area contributed by atoms with E-state index in [0.717, 1.165) is 19.5 Å². The molecule has 96 valence electrons. The predicted octanol–water partition coefficient (Wildman–Crippen LogP) is 2.46. The average molecular weight is 303 g/mol. The van der Waals surface area contributed by atoms with Crippen molar-refractivity contribution >= 4 is 21.8 Å². The maximum absolute atomic E-state index is 12.1. The predicted molar refractivity (Wildman–Crippen MR) is 71.2 cm³/mol. The summed E-state index contributed by atoms with van der Waals surface area (Å²) in [6.45, 7) is 4.41. The fourth-order valence-electron chi connectivity index (χ4n) is 1.57. The third-order valence-electron chi connectivity index (χ3n) is 2.49. The third kappa shape index (κ3) is 4.52. The normalized spacial score (nSPS) is 10.9. The van der Waals surface area contributed by atoms with Gasteiger partial charge in [0.1, 0.15) is 0 Å². The van der Waals surface area contributed by atoms with Crippen molar-refractivity contribution in [2.45, 2.75) is 13.3 Å². The monoisotopic (exact) mass is 302 g/mol. The zero-order valence-corrected chi connectivity index (χ0v) is 12.2. The molecule has 1 aromatic heterocycles. The smallest absolute Gasteiger partial charge is 0.289 e. The molecule has 0 aliphatic carbocycles. The van der Waals surface area contributed by atoms with Crippen LogP contribution in [-0.2, 0) is 0 Å². The first-order valence-corrected chi connectivity index (χ1v) is 6.53. The minimum Gasteiger partial charge on any atom is -0.444 e. The van der Waals surface area contributed by atoms with Gasteiger partial charge in [0.25, 0.3) is 5.91 Å². The Morgan fingerprint density at radius 2 is 2.06 bits per heavy atom. The number of nitrogens with zero attached hydrogens (tertiary/aromatic N) is 2. The highest BCUT2D eigenvalue weighted by molar-refractivity contribution is 9.10. The van der Waals surface area contributed by atoms with Gasteiger partial charge in [0.05, 0.1) is 0 Å². The number of amides is 1. The molecule has 0 atom stereocenters. The van der Waals surface area contributed by atoms with Gasteiger partial charge in [-0.2, -0.15) is 0 Å². The Balaban J connectivity index is 2.52. The number of furan rings is 1. The third-order valence-corrected chi connectivity index (χ3v) is 2.91. The molecule has 1 amide bonds. The SMILES string of the molecule is CCN(CCCN(C)C)C(=O)c1ccc(Br)o1. The van der Waals surface area contributed by atoms with Crippen LogP contribution < -0.4 is 0 Å². The molecule has 0 unspecified atom stereocenters. The molecule has 1 heterocycles. The summed E-state index contributed by atoms with van der Waals surface area (Å²) in [5, 5.41) is 0. The van der Waals surface area contributed by atoms with Gasteiger partial charge in [-0.05, 0) is 62.0 Å². The van der Waals surface area contributed by atoms with Crippen LogP contribution in [0.3, 0.4) is 0 Å². The van der Waals surface area contributed by atoms with Gasteiger partial charge in [0.2, 0.25) is 0 Å². The number of hydrogen-bond donors (Lipinski definition) is 0. The van der Waals surface area contributed by atoms with E-state index in [9.17, 15) is 4.79 Å². The van der Waals surface area contributed by atoms with Crippen molar-refractivity contribution in [1.29, 1.82) is 0 Å². The number of carbonyl (C=O) groups is 1. The van der Waals surface area contributed by atoms with Crippen LogP contribution in [0.4, 0.5) is 0 Å². The maximum atomic E-state index is 12.1. The van der Waals surface area contributed by atoms with Gasteiger partial charge in [-0.15, -0.1) is 0 Å². The van der Waals surface area contributed by atoms with E-state index in [2.05, 4.69) is 20.8 Å². The Labute approximate surface area is 111 Å². The Hall–Kier alpha value is -0.810. The molecule has 1 aromatic rings. The lowest BCUT2D eigenvalue weighted by molar-refractivity contribution is 0.0726. The minimum atomic E-state index is -0.0445. The molecule has 0 aliphatic heterocycles. The van der Waals surface area contributed by atoms with Crippen LogP contribution >= 0.6 is 15.9 Å². The number of hydrogen-bond acceptors (Lipinski definition) is 3. The molecule has 0 N–H and O–H groups in total. The van der Waals surface area contributed by atoms with Crippen molar-refractivity contribution in [2.75, 3.05) is 33.7 Å². The van der Waals surface area contributed by atoms with Crippen molar-refractivity contribution in [3.05, 3.63) is 22.6 Å². The van der Waals surface area contributed by atoms with Gasteiger partial charge in [0.15, 0.2) is 10.4 Å². The van der Waals surface area contributed by atoms with Crippen LogP contribution in [0.5, 0.6) is 0 Å². The number of carbonyl (C=O) groups excluding carboxylic acids is 1. The molecular formula is C12H19BrN2O2. The van der Waals surface area contributed by atoms with E-state index < -0.39 is 0 Å². The Morgan fingerprint density at radius 1 is 1.35 bits per heavy atom. The van der Waals surface area contributed by atoms with E-state index >= 15 is 0 Å². The standard InChI is InChI=1S/C12H19BrN2O2/c1-4-15(9-5-8-14(2)3)12(16)10-6-7-11(13)17-10/h6-7H,4-5,8-9H2,1-3H3.